The highest BCUT2D eigenvalue weighted by Gasteiger charge is 2.42. The molecule has 0 bridgehead atoms. The summed E-state index contributed by atoms with van der Waals surface area (Å²) in [6.07, 6.45) is 1.58. The van der Waals surface area contributed by atoms with Crippen LogP contribution in [0.1, 0.15) is 26.3 Å². The van der Waals surface area contributed by atoms with E-state index < -0.39 is 33.8 Å². The zero-order valence-electron chi connectivity index (χ0n) is 19.9. The van der Waals surface area contributed by atoms with Crippen molar-refractivity contribution in [2.75, 3.05) is 10.0 Å². The zero-order valence-corrected chi connectivity index (χ0v) is 20.8. The van der Waals surface area contributed by atoms with Crippen molar-refractivity contribution >= 4 is 39.3 Å². The van der Waals surface area contributed by atoms with Gasteiger partial charge in [-0.25, -0.2) is 13.4 Å². The summed E-state index contributed by atoms with van der Waals surface area (Å²) in [5.74, 6) is -1.48. The Labute approximate surface area is 219 Å². The number of carbonyl (C=O) groups is 3. The lowest BCUT2D eigenvalue weighted by molar-refractivity contribution is -0.119. The van der Waals surface area contributed by atoms with Crippen molar-refractivity contribution in [3.63, 3.8) is 0 Å². The number of fused-ring (bicyclic) bond motifs is 1. The molecule has 0 spiro atoms. The molecule has 4 aromatic rings. The lowest BCUT2D eigenvalue weighted by Gasteiger charge is -2.25. The van der Waals surface area contributed by atoms with Gasteiger partial charge in [0.1, 0.15) is 11.9 Å². The van der Waals surface area contributed by atoms with Crippen LogP contribution in [0.15, 0.2) is 108 Å². The normalized spacial score (nSPS) is 13.6. The molecule has 0 radical (unpaired) electrons. The van der Waals surface area contributed by atoms with Crippen LogP contribution in [-0.2, 0) is 21.2 Å². The van der Waals surface area contributed by atoms with Crippen LogP contribution in [0, 0.1) is 0 Å². The molecule has 3 amide bonds. The van der Waals surface area contributed by atoms with Gasteiger partial charge in [0, 0.05) is 18.3 Å². The second-order valence-electron chi connectivity index (χ2n) is 8.57. The van der Waals surface area contributed by atoms with E-state index >= 15 is 0 Å². The molecular formula is C28H22N4O5S. The SMILES string of the molecule is O=C(Nc1ccc(S(=O)(=O)Nc2ccccn2)cc1)C(Cc1ccccc1)N1C(=O)c2ccccc2C1=O. The molecular weight excluding hydrogens is 504 g/mol. The van der Waals surface area contributed by atoms with Gasteiger partial charge in [-0.15, -0.1) is 0 Å². The van der Waals surface area contributed by atoms with Gasteiger partial charge >= 0.3 is 0 Å². The van der Waals surface area contributed by atoms with Crippen LogP contribution in [0.4, 0.5) is 11.5 Å². The number of hydrogen-bond acceptors (Lipinski definition) is 6. The second kappa shape index (κ2) is 10.3. The van der Waals surface area contributed by atoms with Gasteiger partial charge in [-0.3, -0.25) is 24.0 Å². The maximum absolute atomic E-state index is 13.5. The van der Waals surface area contributed by atoms with Crippen molar-refractivity contribution in [1.29, 1.82) is 0 Å². The van der Waals surface area contributed by atoms with E-state index in [4.69, 9.17) is 0 Å². The average Bonchev–Trinajstić information content (AvgIpc) is 3.18. The van der Waals surface area contributed by atoms with E-state index in [1.54, 1.807) is 36.4 Å². The summed E-state index contributed by atoms with van der Waals surface area (Å²) in [6.45, 7) is 0. The van der Waals surface area contributed by atoms with Crippen molar-refractivity contribution in [3.8, 4) is 0 Å². The minimum Gasteiger partial charge on any atom is -0.324 e. The average molecular weight is 527 g/mol. The van der Waals surface area contributed by atoms with Crippen molar-refractivity contribution in [3.05, 3.63) is 120 Å². The van der Waals surface area contributed by atoms with Gasteiger partial charge in [0.05, 0.1) is 16.0 Å². The van der Waals surface area contributed by atoms with Crippen LogP contribution >= 0.6 is 0 Å². The fourth-order valence-electron chi connectivity index (χ4n) is 4.19. The first-order valence-electron chi connectivity index (χ1n) is 11.7. The summed E-state index contributed by atoms with van der Waals surface area (Å²) in [7, 11) is -3.90. The van der Waals surface area contributed by atoms with Crippen molar-refractivity contribution < 1.29 is 22.8 Å². The van der Waals surface area contributed by atoms with Gasteiger partial charge in [-0.05, 0) is 54.1 Å². The maximum Gasteiger partial charge on any atom is 0.263 e. The molecule has 1 aliphatic rings. The first-order valence-corrected chi connectivity index (χ1v) is 13.2. The number of sulfonamides is 1. The molecule has 3 aromatic carbocycles. The number of rotatable bonds is 8. The Kier molecular flexibility index (Phi) is 6.71. The molecule has 0 saturated carbocycles. The summed E-state index contributed by atoms with van der Waals surface area (Å²) in [6, 6.07) is 24.8. The molecule has 2 heterocycles. The van der Waals surface area contributed by atoms with Gasteiger partial charge in [0.25, 0.3) is 21.8 Å². The minimum atomic E-state index is -3.90. The first kappa shape index (κ1) is 24.8. The number of imide groups is 1. The summed E-state index contributed by atoms with van der Waals surface area (Å²) in [5.41, 5.74) is 1.57. The van der Waals surface area contributed by atoms with Gasteiger partial charge in [-0.2, -0.15) is 0 Å². The van der Waals surface area contributed by atoms with Crippen molar-refractivity contribution in [2.24, 2.45) is 0 Å². The molecule has 1 aromatic heterocycles. The van der Waals surface area contributed by atoms with Crippen molar-refractivity contribution in [2.45, 2.75) is 17.4 Å². The third kappa shape index (κ3) is 5.02. The van der Waals surface area contributed by atoms with Crippen LogP contribution in [0.5, 0.6) is 0 Å². The predicted octanol–water partition coefficient (Wildman–Crippen LogP) is 3.73. The second-order valence-corrected chi connectivity index (χ2v) is 10.2. The quantitative estimate of drug-likeness (QED) is 0.337. The fourth-order valence-corrected chi connectivity index (χ4v) is 5.20. The molecule has 38 heavy (non-hydrogen) atoms. The van der Waals surface area contributed by atoms with E-state index in [1.807, 2.05) is 30.3 Å². The van der Waals surface area contributed by atoms with E-state index in [2.05, 4.69) is 15.0 Å². The number of pyridine rings is 1. The third-order valence-electron chi connectivity index (χ3n) is 6.05. The number of amides is 3. The van der Waals surface area contributed by atoms with E-state index in [0.29, 0.717) is 5.69 Å². The Balaban J connectivity index is 1.38. The Morgan fingerprint density at radius 1 is 0.789 bits per heavy atom. The lowest BCUT2D eigenvalue weighted by Crippen LogP contribution is -2.48. The summed E-state index contributed by atoms with van der Waals surface area (Å²) in [4.78, 5) is 44.7. The largest absolute Gasteiger partial charge is 0.324 e. The maximum atomic E-state index is 13.5. The molecule has 1 aliphatic heterocycles. The van der Waals surface area contributed by atoms with E-state index in [1.165, 1.54) is 36.5 Å². The molecule has 9 nitrogen and oxygen atoms in total. The highest BCUT2D eigenvalue weighted by Crippen LogP contribution is 2.27. The van der Waals surface area contributed by atoms with Crippen LogP contribution in [0.3, 0.4) is 0 Å². The molecule has 2 N–H and O–H groups in total. The summed E-state index contributed by atoms with van der Waals surface area (Å²) >= 11 is 0. The minimum absolute atomic E-state index is 0.0256. The van der Waals surface area contributed by atoms with E-state index in [9.17, 15) is 22.8 Å². The highest BCUT2D eigenvalue weighted by molar-refractivity contribution is 7.92. The number of benzene rings is 3. The topological polar surface area (TPSA) is 126 Å². The Bertz CT molecular complexity index is 1570. The van der Waals surface area contributed by atoms with Crippen molar-refractivity contribution in [1.82, 2.24) is 9.88 Å². The van der Waals surface area contributed by atoms with E-state index in [0.717, 1.165) is 10.5 Å². The monoisotopic (exact) mass is 526 g/mol. The summed E-state index contributed by atoms with van der Waals surface area (Å²) < 4.78 is 27.7. The smallest absolute Gasteiger partial charge is 0.263 e. The van der Waals surface area contributed by atoms with Gasteiger partial charge in [-0.1, -0.05) is 48.5 Å². The Morgan fingerprint density at radius 3 is 2.00 bits per heavy atom. The molecule has 190 valence electrons. The highest BCUT2D eigenvalue weighted by atomic mass is 32.2. The molecule has 1 unspecified atom stereocenters. The number of nitrogens with zero attached hydrogens (tertiary/aromatic N) is 2. The van der Waals surface area contributed by atoms with Gasteiger partial charge in [0.2, 0.25) is 5.91 Å². The first-order chi connectivity index (χ1) is 18.3. The van der Waals surface area contributed by atoms with E-state index in [-0.39, 0.29) is 28.3 Å². The molecule has 0 fully saturated rings. The Hall–Kier alpha value is -4.83. The van der Waals surface area contributed by atoms with Crippen LogP contribution in [0.25, 0.3) is 0 Å². The van der Waals surface area contributed by atoms with Crippen LogP contribution < -0.4 is 10.0 Å². The molecule has 10 heteroatoms. The standard InChI is InChI=1S/C28H22N4O5S/c33-26(30-20-13-15-21(16-14-20)38(36,37)31-25-12-6-7-17-29-25)24(18-19-8-2-1-3-9-19)32-27(34)22-10-4-5-11-23(22)28(32)35/h1-17,24H,18H2,(H,29,31)(H,30,33). The molecule has 0 saturated heterocycles. The number of carbonyl (C=O) groups excluding carboxylic acids is 3. The zero-order chi connectivity index (χ0) is 26.7. The predicted molar refractivity (Wildman–Crippen MR) is 141 cm³/mol. The number of anilines is 2. The van der Waals surface area contributed by atoms with Crippen LogP contribution in [-0.4, -0.2) is 42.1 Å². The summed E-state index contributed by atoms with van der Waals surface area (Å²) in [5, 5.41) is 2.72. The fraction of sp³-hybridized carbons (Fsp3) is 0.0714. The molecule has 5 rings (SSSR count). The van der Waals surface area contributed by atoms with Gasteiger partial charge < -0.3 is 5.32 Å². The molecule has 1 atom stereocenters. The van der Waals surface area contributed by atoms with Crippen LogP contribution in [0.2, 0.25) is 0 Å². The lowest BCUT2D eigenvalue weighted by atomic mass is 10.0. The Morgan fingerprint density at radius 2 is 1.39 bits per heavy atom. The van der Waals surface area contributed by atoms with Gasteiger partial charge in [0.15, 0.2) is 0 Å². The number of hydrogen-bond donors (Lipinski definition) is 2. The molecule has 0 aliphatic carbocycles. The number of aromatic nitrogens is 1. The third-order valence-corrected chi connectivity index (χ3v) is 7.42. The number of nitrogens with one attached hydrogen (secondary N) is 2.